The SMILES string of the molecule is COc1ccc([NH+]([O-])OC2CCC([NH+](C)[O-])CC2)cc1. The maximum absolute atomic E-state index is 12.0. The summed E-state index contributed by atoms with van der Waals surface area (Å²) in [5.74, 6) is 0.712. The van der Waals surface area contributed by atoms with Crippen LogP contribution >= 0.6 is 0 Å². The summed E-state index contributed by atoms with van der Waals surface area (Å²) in [6.07, 6.45) is 3.10. The Morgan fingerprint density at radius 2 is 1.65 bits per heavy atom. The normalized spacial score (nSPS) is 26.0. The zero-order chi connectivity index (χ0) is 14.5. The summed E-state index contributed by atoms with van der Waals surface area (Å²) in [6.45, 7) is 0. The van der Waals surface area contributed by atoms with E-state index in [9.17, 15) is 10.4 Å². The summed E-state index contributed by atoms with van der Waals surface area (Å²) in [6, 6.07) is 7.02. The molecule has 2 atom stereocenters. The number of hydroxylamine groups is 2. The first kappa shape index (κ1) is 15.2. The molecule has 112 valence electrons. The number of benzene rings is 1. The maximum atomic E-state index is 12.0. The topological polar surface area (TPSA) is 73.5 Å². The molecule has 0 aromatic heterocycles. The summed E-state index contributed by atoms with van der Waals surface area (Å²) in [5.41, 5.74) is 0.527. The molecule has 2 rings (SSSR count). The third kappa shape index (κ3) is 3.91. The van der Waals surface area contributed by atoms with Gasteiger partial charge in [-0.05, 0) is 25.0 Å². The summed E-state index contributed by atoms with van der Waals surface area (Å²) in [4.78, 5) is 5.49. The highest BCUT2D eigenvalue weighted by atomic mass is 16.9. The van der Waals surface area contributed by atoms with E-state index in [4.69, 9.17) is 9.57 Å². The Kier molecular flexibility index (Phi) is 5.33. The molecule has 0 heterocycles. The van der Waals surface area contributed by atoms with Crippen LogP contribution in [0, 0.1) is 10.4 Å². The molecule has 0 aliphatic heterocycles. The van der Waals surface area contributed by atoms with Gasteiger partial charge < -0.3 is 20.2 Å². The van der Waals surface area contributed by atoms with Crippen LogP contribution in [0.15, 0.2) is 24.3 Å². The minimum atomic E-state index is -0.307. The van der Waals surface area contributed by atoms with E-state index in [1.165, 1.54) is 0 Å². The van der Waals surface area contributed by atoms with Gasteiger partial charge in [-0.3, -0.25) is 0 Å². The Balaban J connectivity index is 1.84. The highest BCUT2D eigenvalue weighted by Gasteiger charge is 2.26. The predicted molar refractivity (Wildman–Crippen MR) is 74.4 cm³/mol. The molecule has 1 aliphatic rings. The molecule has 1 saturated carbocycles. The zero-order valence-electron chi connectivity index (χ0n) is 11.9. The molecule has 2 unspecified atom stereocenters. The molecule has 0 radical (unpaired) electrons. The van der Waals surface area contributed by atoms with Gasteiger partial charge in [0.25, 0.3) is 0 Å². The fourth-order valence-electron chi connectivity index (χ4n) is 2.53. The molecular weight excluding hydrogens is 260 g/mol. The molecule has 0 amide bonds. The fourth-order valence-corrected chi connectivity index (χ4v) is 2.53. The van der Waals surface area contributed by atoms with Gasteiger partial charge in [-0.1, -0.05) is 0 Å². The lowest BCUT2D eigenvalue weighted by Gasteiger charge is -2.34. The predicted octanol–water partition coefficient (Wildman–Crippen LogP) is -0.0353. The molecule has 6 nitrogen and oxygen atoms in total. The van der Waals surface area contributed by atoms with Crippen LogP contribution in [0.3, 0.4) is 0 Å². The van der Waals surface area contributed by atoms with Gasteiger partial charge in [0.2, 0.25) is 0 Å². The molecule has 0 saturated heterocycles. The van der Waals surface area contributed by atoms with E-state index in [-0.39, 0.29) is 22.4 Å². The maximum Gasteiger partial charge on any atom is 0.164 e. The van der Waals surface area contributed by atoms with Gasteiger partial charge in [-0.25, -0.2) is 0 Å². The monoisotopic (exact) mass is 282 g/mol. The molecule has 1 aliphatic carbocycles. The number of hydrogen-bond donors (Lipinski definition) is 2. The number of rotatable bonds is 5. The summed E-state index contributed by atoms with van der Waals surface area (Å²) in [7, 11) is 3.22. The van der Waals surface area contributed by atoms with Crippen LogP contribution < -0.4 is 15.0 Å². The van der Waals surface area contributed by atoms with Gasteiger partial charge in [-0.15, -0.1) is 0 Å². The van der Waals surface area contributed by atoms with E-state index in [2.05, 4.69) is 0 Å². The van der Waals surface area contributed by atoms with E-state index in [1.54, 1.807) is 38.4 Å². The second kappa shape index (κ2) is 7.01. The number of quaternary nitrogens is 2. The third-order valence-electron chi connectivity index (χ3n) is 3.85. The molecule has 1 aromatic carbocycles. The largest absolute Gasteiger partial charge is 0.634 e. The van der Waals surface area contributed by atoms with E-state index in [0.29, 0.717) is 11.4 Å². The van der Waals surface area contributed by atoms with Crippen LogP contribution in [0.1, 0.15) is 25.7 Å². The zero-order valence-corrected chi connectivity index (χ0v) is 11.9. The molecular formula is C14H22N2O4. The summed E-state index contributed by atoms with van der Waals surface area (Å²) < 4.78 is 5.05. The molecule has 1 aromatic rings. The highest BCUT2D eigenvalue weighted by molar-refractivity contribution is 5.35. The number of methoxy groups -OCH3 is 1. The molecule has 6 heteroatoms. The minimum Gasteiger partial charge on any atom is -0.634 e. The lowest BCUT2D eigenvalue weighted by atomic mass is 9.93. The Morgan fingerprint density at radius 3 is 2.15 bits per heavy atom. The van der Waals surface area contributed by atoms with Gasteiger partial charge in [-0.2, -0.15) is 10.1 Å². The number of ether oxygens (including phenoxy) is 1. The van der Waals surface area contributed by atoms with Crippen molar-refractivity contribution in [2.24, 2.45) is 0 Å². The summed E-state index contributed by atoms with van der Waals surface area (Å²) >= 11 is 0. The van der Waals surface area contributed by atoms with Crippen molar-refractivity contribution in [1.82, 2.24) is 0 Å². The van der Waals surface area contributed by atoms with E-state index in [0.717, 1.165) is 25.7 Å². The van der Waals surface area contributed by atoms with Crippen LogP contribution in [-0.4, -0.2) is 26.3 Å². The average molecular weight is 282 g/mol. The van der Waals surface area contributed by atoms with Crippen molar-refractivity contribution in [3.63, 3.8) is 0 Å². The van der Waals surface area contributed by atoms with Crippen molar-refractivity contribution in [2.45, 2.75) is 37.8 Å². The van der Waals surface area contributed by atoms with E-state index < -0.39 is 0 Å². The van der Waals surface area contributed by atoms with Crippen LogP contribution in [-0.2, 0) is 4.84 Å². The Labute approximate surface area is 119 Å². The molecule has 1 fully saturated rings. The first-order valence-corrected chi connectivity index (χ1v) is 6.95. The van der Waals surface area contributed by atoms with Gasteiger partial charge in [0.15, 0.2) is 5.69 Å². The second-order valence-corrected chi connectivity index (χ2v) is 5.22. The Bertz CT molecular complexity index is 402. The van der Waals surface area contributed by atoms with Crippen LogP contribution in [0.4, 0.5) is 5.69 Å². The molecule has 2 N–H and O–H groups in total. The molecule has 0 bridgehead atoms. The molecule has 0 spiro atoms. The van der Waals surface area contributed by atoms with Gasteiger partial charge in [0.05, 0.1) is 20.2 Å². The standard InChI is InChI=1S/C14H22N2O4/c1-15(17)11-3-9-14(10-4-11)20-16(18)12-5-7-13(19-2)8-6-12/h5-8,11,14-16H,3-4,9-10H2,1-2H3. The first-order chi connectivity index (χ1) is 9.60. The van der Waals surface area contributed by atoms with Gasteiger partial charge in [0, 0.05) is 25.0 Å². The van der Waals surface area contributed by atoms with Crippen LogP contribution in [0.2, 0.25) is 0 Å². The number of hydrogen-bond acceptors (Lipinski definition) is 4. The van der Waals surface area contributed by atoms with E-state index >= 15 is 0 Å². The van der Waals surface area contributed by atoms with Crippen molar-refractivity contribution < 1.29 is 19.9 Å². The van der Waals surface area contributed by atoms with Gasteiger partial charge >= 0.3 is 0 Å². The van der Waals surface area contributed by atoms with Gasteiger partial charge in [0.1, 0.15) is 11.9 Å². The lowest BCUT2D eigenvalue weighted by molar-refractivity contribution is -1.00. The minimum absolute atomic E-state index is 0.0693. The van der Waals surface area contributed by atoms with Crippen molar-refractivity contribution in [1.29, 1.82) is 0 Å². The smallest absolute Gasteiger partial charge is 0.164 e. The Morgan fingerprint density at radius 1 is 1.05 bits per heavy atom. The average Bonchev–Trinajstić information content (AvgIpc) is 2.48. The third-order valence-corrected chi connectivity index (χ3v) is 3.85. The Hall–Kier alpha value is -1.18. The van der Waals surface area contributed by atoms with Crippen molar-refractivity contribution in [3.05, 3.63) is 34.7 Å². The highest BCUT2D eigenvalue weighted by Crippen LogP contribution is 2.19. The van der Waals surface area contributed by atoms with Crippen molar-refractivity contribution >= 4 is 5.69 Å². The quantitative estimate of drug-likeness (QED) is 0.744. The lowest BCUT2D eigenvalue weighted by Crippen LogP contribution is -3.08. The van der Waals surface area contributed by atoms with Crippen LogP contribution in [0.5, 0.6) is 5.75 Å². The first-order valence-electron chi connectivity index (χ1n) is 6.95. The number of nitrogens with one attached hydrogen (secondary N) is 2. The van der Waals surface area contributed by atoms with Crippen LogP contribution in [0.25, 0.3) is 0 Å². The fraction of sp³-hybridized carbons (Fsp3) is 0.571. The van der Waals surface area contributed by atoms with Crippen molar-refractivity contribution in [3.8, 4) is 5.75 Å². The molecule has 20 heavy (non-hydrogen) atoms. The summed E-state index contributed by atoms with van der Waals surface area (Å²) in [5, 5.41) is 23.2. The second-order valence-electron chi connectivity index (χ2n) is 5.22. The van der Waals surface area contributed by atoms with Crippen molar-refractivity contribution in [2.75, 3.05) is 14.2 Å². The van der Waals surface area contributed by atoms with E-state index in [1.807, 2.05) is 0 Å².